The molecule has 1 heterocycles. The van der Waals surface area contributed by atoms with E-state index in [1.807, 2.05) is 49.4 Å². The van der Waals surface area contributed by atoms with Crippen molar-refractivity contribution in [3.63, 3.8) is 0 Å². The van der Waals surface area contributed by atoms with Crippen LogP contribution in [0.25, 0.3) is 10.9 Å². The maximum absolute atomic E-state index is 13.1. The number of methoxy groups -OCH3 is 2. The topological polar surface area (TPSA) is 53.4 Å². The normalized spacial score (nSPS) is 10.8. The van der Waals surface area contributed by atoms with Gasteiger partial charge in [0.25, 0.3) is 5.56 Å². The molecule has 0 amide bonds. The molecule has 3 aromatic rings. The maximum atomic E-state index is 13.1. The van der Waals surface area contributed by atoms with Crippen molar-refractivity contribution in [1.29, 1.82) is 0 Å². The first-order chi connectivity index (χ1) is 13.0. The fourth-order valence-corrected chi connectivity index (χ4v) is 3.59. The quantitative estimate of drug-likeness (QED) is 0.349. The molecule has 2 aromatic carbocycles. The van der Waals surface area contributed by atoms with E-state index < -0.39 is 0 Å². The molecule has 5 nitrogen and oxygen atoms in total. The Hall–Kier alpha value is -2.73. The predicted octanol–water partition coefficient (Wildman–Crippen LogP) is 4.13. The summed E-state index contributed by atoms with van der Waals surface area (Å²) < 4.78 is 12.4. The van der Waals surface area contributed by atoms with Gasteiger partial charge in [-0.3, -0.25) is 9.36 Å². The number of thioether (sulfide) groups is 1. The van der Waals surface area contributed by atoms with Crippen LogP contribution in [0.2, 0.25) is 0 Å². The first-order valence-electron chi connectivity index (χ1n) is 8.51. The van der Waals surface area contributed by atoms with Gasteiger partial charge in [0.1, 0.15) is 0 Å². The zero-order valence-electron chi connectivity index (χ0n) is 15.7. The van der Waals surface area contributed by atoms with Crippen molar-refractivity contribution in [2.75, 3.05) is 20.0 Å². The van der Waals surface area contributed by atoms with Crippen LogP contribution in [0.1, 0.15) is 12.5 Å². The van der Waals surface area contributed by atoms with Gasteiger partial charge in [0.15, 0.2) is 16.7 Å². The Morgan fingerprint density at radius 3 is 2.59 bits per heavy atom. The smallest absolute Gasteiger partial charge is 0.262 e. The molecule has 0 N–H and O–H groups in total. The number of rotatable bonds is 7. The number of benzene rings is 2. The predicted molar refractivity (Wildman–Crippen MR) is 110 cm³/mol. The number of para-hydroxylation sites is 1. The molecule has 0 bridgehead atoms. The summed E-state index contributed by atoms with van der Waals surface area (Å²) in [7, 11) is 3.20. The molecule has 140 valence electrons. The van der Waals surface area contributed by atoms with Crippen LogP contribution in [0.3, 0.4) is 0 Å². The summed E-state index contributed by atoms with van der Waals surface area (Å²) in [6, 6.07) is 13.1. The number of ether oxygens (including phenoxy) is 2. The highest BCUT2D eigenvalue weighted by Gasteiger charge is 2.13. The van der Waals surface area contributed by atoms with Crippen LogP contribution in [0.5, 0.6) is 11.5 Å². The van der Waals surface area contributed by atoms with Gasteiger partial charge in [0.2, 0.25) is 0 Å². The molecule has 3 rings (SSSR count). The van der Waals surface area contributed by atoms with E-state index >= 15 is 0 Å². The van der Waals surface area contributed by atoms with Crippen LogP contribution < -0.4 is 15.0 Å². The number of fused-ring (bicyclic) bond motifs is 1. The Bertz CT molecular complexity index is 1040. The van der Waals surface area contributed by atoms with Crippen molar-refractivity contribution in [2.24, 2.45) is 0 Å². The lowest BCUT2D eigenvalue weighted by atomic mass is 10.2. The highest BCUT2D eigenvalue weighted by Crippen LogP contribution is 2.28. The second-order valence-electron chi connectivity index (χ2n) is 6.24. The molecule has 6 heteroatoms. The Balaban J connectivity index is 2.08. The van der Waals surface area contributed by atoms with Crippen LogP contribution in [0.4, 0.5) is 0 Å². The van der Waals surface area contributed by atoms with Gasteiger partial charge in [-0.15, -0.1) is 0 Å². The lowest BCUT2D eigenvalue weighted by Gasteiger charge is -2.14. The van der Waals surface area contributed by atoms with E-state index in [0.717, 1.165) is 11.1 Å². The number of aromatic nitrogens is 2. The molecule has 0 spiro atoms. The van der Waals surface area contributed by atoms with Crippen LogP contribution in [-0.4, -0.2) is 29.5 Å². The standard InChI is InChI=1S/C21H22N2O3S/c1-14(2)13-27-21-22-17-8-6-5-7-16(17)20(24)23(21)12-15-9-10-18(25-3)19(11-15)26-4/h5-11H,1,12-13H2,2-4H3. The molecule has 0 unspecified atom stereocenters. The lowest BCUT2D eigenvalue weighted by Crippen LogP contribution is -2.24. The van der Waals surface area contributed by atoms with Crippen molar-refractivity contribution >= 4 is 22.7 Å². The molecule has 0 aliphatic heterocycles. The Kier molecular flexibility index (Phi) is 5.86. The zero-order valence-corrected chi connectivity index (χ0v) is 16.5. The van der Waals surface area contributed by atoms with E-state index in [0.29, 0.717) is 39.9 Å². The Morgan fingerprint density at radius 2 is 1.89 bits per heavy atom. The molecule has 0 aliphatic carbocycles. The zero-order chi connectivity index (χ0) is 19.4. The Labute approximate surface area is 162 Å². The molecule has 1 aromatic heterocycles. The van der Waals surface area contributed by atoms with E-state index in [9.17, 15) is 4.79 Å². The SMILES string of the molecule is C=C(C)CSc1nc2ccccc2c(=O)n1Cc1ccc(OC)c(OC)c1. The van der Waals surface area contributed by atoms with Gasteiger partial charge in [-0.05, 0) is 36.8 Å². The van der Waals surface area contributed by atoms with Crippen molar-refractivity contribution in [3.05, 3.63) is 70.5 Å². The molecule has 27 heavy (non-hydrogen) atoms. The summed E-state index contributed by atoms with van der Waals surface area (Å²) >= 11 is 1.52. The van der Waals surface area contributed by atoms with Crippen molar-refractivity contribution in [3.8, 4) is 11.5 Å². The minimum atomic E-state index is -0.0559. The maximum Gasteiger partial charge on any atom is 0.262 e. The van der Waals surface area contributed by atoms with Gasteiger partial charge >= 0.3 is 0 Å². The summed E-state index contributed by atoms with van der Waals surface area (Å²) in [6.45, 7) is 6.31. The lowest BCUT2D eigenvalue weighted by molar-refractivity contribution is 0.354. The van der Waals surface area contributed by atoms with Crippen LogP contribution >= 0.6 is 11.8 Å². The van der Waals surface area contributed by atoms with Crippen molar-refractivity contribution in [2.45, 2.75) is 18.6 Å². The summed E-state index contributed by atoms with van der Waals surface area (Å²) in [5.74, 6) is 1.99. The molecule has 0 radical (unpaired) electrons. The average Bonchev–Trinajstić information content (AvgIpc) is 2.68. The van der Waals surface area contributed by atoms with E-state index in [2.05, 4.69) is 6.58 Å². The van der Waals surface area contributed by atoms with E-state index in [-0.39, 0.29) is 5.56 Å². The van der Waals surface area contributed by atoms with Gasteiger partial charge in [0.05, 0.1) is 31.7 Å². The summed E-state index contributed by atoms with van der Waals surface area (Å²) in [6.07, 6.45) is 0. The van der Waals surface area contributed by atoms with Crippen LogP contribution in [0.15, 0.2) is 64.6 Å². The molecule has 0 fully saturated rings. The second-order valence-corrected chi connectivity index (χ2v) is 7.18. The van der Waals surface area contributed by atoms with E-state index in [4.69, 9.17) is 14.5 Å². The number of hydrogen-bond acceptors (Lipinski definition) is 5. The first kappa shape index (κ1) is 19.0. The molecule has 0 atom stereocenters. The van der Waals surface area contributed by atoms with Gasteiger partial charge in [-0.2, -0.15) is 0 Å². The van der Waals surface area contributed by atoms with Gasteiger partial charge in [-0.1, -0.05) is 42.1 Å². The van der Waals surface area contributed by atoms with Crippen LogP contribution in [0, 0.1) is 0 Å². The number of hydrogen-bond donors (Lipinski definition) is 0. The van der Waals surface area contributed by atoms with Crippen molar-refractivity contribution in [1.82, 2.24) is 9.55 Å². The average molecular weight is 382 g/mol. The third kappa shape index (κ3) is 4.17. The van der Waals surface area contributed by atoms with Gasteiger partial charge < -0.3 is 9.47 Å². The summed E-state index contributed by atoms with van der Waals surface area (Å²) in [4.78, 5) is 17.8. The molecular formula is C21H22N2O3S. The van der Waals surface area contributed by atoms with E-state index in [1.54, 1.807) is 18.8 Å². The van der Waals surface area contributed by atoms with Crippen molar-refractivity contribution < 1.29 is 9.47 Å². The highest BCUT2D eigenvalue weighted by atomic mass is 32.2. The molecule has 0 saturated carbocycles. The third-order valence-corrected chi connectivity index (χ3v) is 5.27. The third-order valence-electron chi connectivity index (χ3n) is 4.06. The van der Waals surface area contributed by atoms with Gasteiger partial charge in [0, 0.05) is 5.75 Å². The minimum Gasteiger partial charge on any atom is -0.493 e. The summed E-state index contributed by atoms with van der Waals surface area (Å²) in [5.41, 5.74) is 2.61. The fraction of sp³-hybridized carbons (Fsp3) is 0.238. The molecular weight excluding hydrogens is 360 g/mol. The monoisotopic (exact) mass is 382 g/mol. The van der Waals surface area contributed by atoms with E-state index in [1.165, 1.54) is 11.8 Å². The fourth-order valence-electron chi connectivity index (χ4n) is 2.75. The largest absolute Gasteiger partial charge is 0.493 e. The molecule has 0 saturated heterocycles. The van der Waals surface area contributed by atoms with Gasteiger partial charge in [-0.25, -0.2) is 4.98 Å². The number of nitrogens with zero attached hydrogens (tertiary/aromatic N) is 2. The Morgan fingerprint density at radius 1 is 1.15 bits per heavy atom. The molecule has 0 aliphatic rings. The second kappa shape index (κ2) is 8.31. The summed E-state index contributed by atoms with van der Waals surface area (Å²) in [5, 5.41) is 1.29. The minimum absolute atomic E-state index is 0.0559. The highest BCUT2D eigenvalue weighted by molar-refractivity contribution is 7.99. The van der Waals surface area contributed by atoms with Crippen LogP contribution in [-0.2, 0) is 6.54 Å². The first-order valence-corrected chi connectivity index (χ1v) is 9.49.